The Morgan fingerprint density at radius 3 is 1.88 bits per heavy atom. The second-order valence-electron chi connectivity index (χ2n) is 16.8. The van der Waals surface area contributed by atoms with Gasteiger partial charge in [-0.15, -0.1) is 0 Å². The van der Waals surface area contributed by atoms with E-state index < -0.39 is 30.3 Å². The predicted octanol–water partition coefficient (Wildman–Crippen LogP) is 6.91. The van der Waals surface area contributed by atoms with E-state index in [-0.39, 0.29) is 34.6 Å². The second kappa shape index (κ2) is 15.2. The van der Waals surface area contributed by atoms with Crippen molar-refractivity contribution < 1.29 is 35.1 Å². The third-order valence-corrected chi connectivity index (χ3v) is 13.5. The second-order valence-corrected chi connectivity index (χ2v) is 16.8. The minimum Gasteiger partial charge on any atom is -0.504 e. The van der Waals surface area contributed by atoms with Gasteiger partial charge in [0.05, 0.1) is 49.2 Å². The number of phenols is 1. The van der Waals surface area contributed by atoms with Gasteiger partial charge < -0.3 is 35.6 Å². The number of benzene rings is 5. The molecule has 3 aliphatic carbocycles. The summed E-state index contributed by atoms with van der Waals surface area (Å²) in [7, 11) is 1.40. The number of Topliss-reactive ketones (excluding diaryl/α,β-unsaturated/α-hetero) is 1. The van der Waals surface area contributed by atoms with Crippen LogP contribution in [0, 0.1) is 11.8 Å². The molecule has 10 nitrogen and oxygen atoms in total. The van der Waals surface area contributed by atoms with Gasteiger partial charge in [-0.2, -0.15) is 0 Å². The largest absolute Gasteiger partial charge is 0.504 e. The number of allylic oxidation sites excluding steroid dienone is 1. The summed E-state index contributed by atoms with van der Waals surface area (Å²) in [5.41, 5.74) is 3.44. The Hall–Kier alpha value is -4.35. The molecule has 0 radical (unpaired) electrons. The maximum Gasteiger partial charge on any atom is 0.190 e. The Morgan fingerprint density at radius 2 is 1.32 bits per heavy atom. The van der Waals surface area contributed by atoms with Crippen LogP contribution < -0.4 is 20.9 Å². The van der Waals surface area contributed by atoms with Crippen LogP contribution in [0.2, 0.25) is 0 Å². The molecule has 0 aromatic heterocycles. The highest BCUT2D eigenvalue weighted by molar-refractivity contribution is 6.39. The lowest BCUT2D eigenvalue weighted by Gasteiger charge is -2.28. The summed E-state index contributed by atoms with van der Waals surface area (Å²) in [6, 6.07) is 2.76. The molecular weight excluding hydrogens is 711 g/mol. The van der Waals surface area contributed by atoms with Gasteiger partial charge in [-0.25, -0.2) is 0 Å². The zero-order valence-electron chi connectivity index (χ0n) is 32.6. The molecule has 6 N–H and O–H groups in total. The van der Waals surface area contributed by atoms with Crippen molar-refractivity contribution in [1.29, 1.82) is 0 Å². The average molecular weight is 764 g/mol. The van der Waals surface area contributed by atoms with Crippen LogP contribution >= 0.6 is 0 Å². The number of hydrogen-bond acceptors (Lipinski definition) is 10. The van der Waals surface area contributed by atoms with Crippen LogP contribution in [0.25, 0.3) is 49.2 Å². The minimum absolute atomic E-state index is 0.00432. The number of hydrogen-bond donors (Lipinski definition) is 6. The van der Waals surface area contributed by atoms with Crippen molar-refractivity contribution >= 4 is 60.6 Å². The van der Waals surface area contributed by atoms with Crippen LogP contribution in [0.4, 0.5) is 5.69 Å². The molecule has 1 unspecified atom stereocenters. The Kier molecular flexibility index (Phi) is 10.5. The van der Waals surface area contributed by atoms with Gasteiger partial charge in [-0.3, -0.25) is 14.4 Å². The first-order valence-electron chi connectivity index (χ1n) is 20.4. The number of aliphatic hydroxyl groups excluding tert-OH is 4. The number of nitrogens with one attached hydrogen (secondary N) is 1. The van der Waals surface area contributed by atoms with E-state index in [0.717, 1.165) is 87.3 Å². The normalized spacial score (nSPS) is 22.7. The van der Waals surface area contributed by atoms with E-state index >= 15 is 0 Å². The van der Waals surface area contributed by atoms with Gasteiger partial charge in [0.15, 0.2) is 22.4 Å². The van der Waals surface area contributed by atoms with E-state index in [9.17, 15) is 39.9 Å². The third-order valence-electron chi connectivity index (χ3n) is 13.5. The first kappa shape index (κ1) is 38.5. The number of aromatic hydroxyl groups is 1. The van der Waals surface area contributed by atoms with Crippen molar-refractivity contribution in [2.45, 2.75) is 122 Å². The molecule has 0 bridgehead atoms. The number of methoxy groups -OCH3 is 1. The molecule has 5 aromatic rings. The Morgan fingerprint density at radius 1 is 0.768 bits per heavy atom. The van der Waals surface area contributed by atoms with E-state index in [1.165, 1.54) is 26.2 Å². The molecule has 0 aliphatic heterocycles. The maximum atomic E-state index is 14.7. The number of fused-ring (bicyclic) bond motifs is 1. The van der Waals surface area contributed by atoms with Crippen LogP contribution in [0.1, 0.15) is 118 Å². The lowest BCUT2D eigenvalue weighted by molar-refractivity contribution is -0.117. The number of anilines is 1. The summed E-state index contributed by atoms with van der Waals surface area (Å²) >= 11 is 0. The van der Waals surface area contributed by atoms with Gasteiger partial charge in [-0.05, 0) is 152 Å². The van der Waals surface area contributed by atoms with E-state index in [4.69, 9.17) is 4.74 Å². The molecule has 10 heteroatoms. The van der Waals surface area contributed by atoms with Crippen LogP contribution in [0.5, 0.6) is 11.5 Å². The van der Waals surface area contributed by atoms with E-state index in [2.05, 4.69) is 5.32 Å². The fourth-order valence-corrected chi connectivity index (χ4v) is 10.8. The summed E-state index contributed by atoms with van der Waals surface area (Å²) in [6.07, 6.45) is 11.7. The van der Waals surface area contributed by atoms with Gasteiger partial charge in [0, 0.05) is 28.6 Å². The zero-order valence-corrected chi connectivity index (χ0v) is 32.6. The molecule has 2 saturated carbocycles. The number of carbonyl (C=O) groups excluding carboxylic acids is 1. The molecular formula is C46H53NO9. The first-order valence-corrected chi connectivity index (χ1v) is 20.4. The lowest BCUT2D eigenvalue weighted by atomic mass is 9.78. The number of ketones is 1. The number of rotatable bonds is 12. The molecule has 296 valence electrons. The minimum atomic E-state index is -0.854. The third kappa shape index (κ3) is 6.20. The highest BCUT2D eigenvalue weighted by Gasteiger charge is 2.37. The summed E-state index contributed by atoms with van der Waals surface area (Å²) in [6.45, 7) is 2.99. The van der Waals surface area contributed by atoms with Gasteiger partial charge in [0.1, 0.15) is 5.78 Å². The monoisotopic (exact) mass is 763 g/mol. The maximum absolute atomic E-state index is 14.7. The Labute approximate surface area is 325 Å². The van der Waals surface area contributed by atoms with Gasteiger partial charge in [-0.1, -0.05) is 18.1 Å². The highest BCUT2D eigenvalue weighted by Crippen LogP contribution is 2.56. The summed E-state index contributed by atoms with van der Waals surface area (Å²) in [5, 5.41) is 61.3. The summed E-state index contributed by atoms with van der Waals surface area (Å²) < 4.78 is 5.90. The lowest BCUT2D eigenvalue weighted by Crippen LogP contribution is -2.21. The number of carbonyl (C=O) groups is 1. The molecule has 2 fully saturated rings. The van der Waals surface area contributed by atoms with Crippen molar-refractivity contribution in [1.82, 2.24) is 0 Å². The Balaban J connectivity index is 1.50. The average Bonchev–Trinajstić information content (AvgIpc) is 3.31. The molecule has 5 aromatic carbocycles. The highest BCUT2D eigenvalue weighted by atomic mass is 16.5. The Bertz CT molecular complexity index is 2490. The van der Waals surface area contributed by atoms with Gasteiger partial charge in [0.2, 0.25) is 0 Å². The van der Waals surface area contributed by atoms with E-state index in [1.54, 1.807) is 0 Å². The SMILES string of the molecule is COc1c(O)c2c(=O)cc(CO)c3c4c(CO)cc(=O)c5c(NCCC6CCC(O)CC6)c(CCCC6CCC(O)CC6)c6c(c(c1C(C(C)=O)C(C)=C6)c23)c54. The van der Waals surface area contributed by atoms with Crippen LogP contribution in [0.3, 0.4) is 0 Å². The standard InChI is InChI=1S/C46H53NO9/c1-22-17-31-30(6-4-5-24-7-11-28(51)12-8-24)44(47-16-15-25-9-13-29(52)14-10-25)38-32(53)18-26(20-48)35-36-27(21-49)19-33(54)39-41(36)42(37(31)40(35)38)43(34(22)23(2)50)46(56-3)45(39)55/h17-19,24-25,28-29,34,47-49,51-52,55H,4-16,20-21H2,1-3H3. The molecule has 8 rings (SSSR count). The smallest absolute Gasteiger partial charge is 0.190 e. The van der Waals surface area contributed by atoms with E-state index in [1.807, 2.05) is 13.0 Å². The van der Waals surface area contributed by atoms with Gasteiger partial charge >= 0.3 is 0 Å². The number of aliphatic hydroxyl groups is 4. The van der Waals surface area contributed by atoms with Crippen molar-refractivity contribution in [2.24, 2.45) is 11.8 Å². The summed E-state index contributed by atoms with van der Waals surface area (Å²) in [5.74, 6) is -0.497. The van der Waals surface area contributed by atoms with Gasteiger partial charge in [0.25, 0.3) is 0 Å². The van der Waals surface area contributed by atoms with Crippen LogP contribution in [0.15, 0.2) is 27.3 Å². The molecule has 0 heterocycles. The molecule has 56 heavy (non-hydrogen) atoms. The molecule has 0 amide bonds. The topological polar surface area (TPSA) is 174 Å². The molecule has 3 aliphatic rings. The van der Waals surface area contributed by atoms with E-state index in [0.29, 0.717) is 84.9 Å². The van der Waals surface area contributed by atoms with Crippen LogP contribution in [-0.2, 0) is 24.4 Å². The predicted molar refractivity (Wildman–Crippen MR) is 220 cm³/mol. The quantitative estimate of drug-likeness (QED) is 0.0579. The fraction of sp³-hybridized carbons (Fsp3) is 0.500. The zero-order chi connectivity index (χ0) is 39.6. The molecule has 0 saturated heterocycles. The van der Waals surface area contributed by atoms with Crippen molar-refractivity contribution in [2.75, 3.05) is 19.0 Å². The summed E-state index contributed by atoms with van der Waals surface area (Å²) in [4.78, 5) is 42.5. The van der Waals surface area contributed by atoms with Crippen molar-refractivity contribution in [3.8, 4) is 11.5 Å². The fourth-order valence-electron chi connectivity index (χ4n) is 10.8. The van der Waals surface area contributed by atoms with Crippen molar-refractivity contribution in [3.05, 3.63) is 66.0 Å². The number of phenolic OH excluding ortho intramolecular Hbond substituents is 1. The van der Waals surface area contributed by atoms with Crippen molar-refractivity contribution in [3.63, 3.8) is 0 Å². The van der Waals surface area contributed by atoms with Crippen LogP contribution in [-0.4, -0.2) is 57.2 Å². The first-order chi connectivity index (χ1) is 27.0. The molecule has 0 spiro atoms. The molecule has 1 atom stereocenters. The number of ether oxygens (including phenoxy) is 1.